The van der Waals surface area contributed by atoms with Crippen LogP contribution in [0, 0.1) is 13.8 Å². The highest BCUT2D eigenvalue weighted by molar-refractivity contribution is 5.74. The number of amides is 2. The van der Waals surface area contributed by atoms with Crippen LogP contribution in [-0.4, -0.2) is 22.3 Å². The number of aliphatic hydroxyl groups is 1. The molecule has 7 heteroatoms. The van der Waals surface area contributed by atoms with Gasteiger partial charge in [0.1, 0.15) is 17.6 Å². The van der Waals surface area contributed by atoms with Crippen molar-refractivity contribution in [3.8, 4) is 0 Å². The lowest BCUT2D eigenvalue weighted by Crippen LogP contribution is -2.42. The van der Waals surface area contributed by atoms with Crippen molar-refractivity contribution < 1.29 is 18.8 Å². The Bertz CT molecular complexity index is 616. The highest BCUT2D eigenvalue weighted by atomic mass is 16.5. The van der Waals surface area contributed by atoms with Gasteiger partial charge >= 0.3 is 6.03 Å². The molecule has 0 aliphatic carbocycles. The summed E-state index contributed by atoms with van der Waals surface area (Å²) in [7, 11) is 0. The molecule has 0 unspecified atom stereocenters. The van der Waals surface area contributed by atoms with Crippen LogP contribution in [0.2, 0.25) is 0 Å². The van der Waals surface area contributed by atoms with Crippen LogP contribution in [0.15, 0.2) is 27.3 Å². The van der Waals surface area contributed by atoms with Crippen LogP contribution < -0.4 is 10.6 Å². The van der Waals surface area contributed by atoms with Gasteiger partial charge in [0.2, 0.25) is 0 Å². The third-order valence-electron chi connectivity index (χ3n) is 3.70. The van der Waals surface area contributed by atoms with E-state index in [1.807, 2.05) is 27.7 Å². The molecule has 23 heavy (non-hydrogen) atoms. The number of carbonyl (C=O) groups is 1. The van der Waals surface area contributed by atoms with Crippen LogP contribution >= 0.6 is 0 Å². The number of aliphatic hydroxyl groups excluding tert-OH is 1. The molecule has 0 radical (unpaired) electrons. The second-order valence-corrected chi connectivity index (χ2v) is 5.75. The Kier molecular flexibility index (Phi) is 5.44. The molecule has 7 nitrogen and oxygen atoms in total. The van der Waals surface area contributed by atoms with E-state index in [0.717, 1.165) is 11.3 Å². The largest absolute Gasteiger partial charge is 0.467 e. The summed E-state index contributed by atoms with van der Waals surface area (Å²) in [6, 6.07) is 2.68. The van der Waals surface area contributed by atoms with E-state index in [0.29, 0.717) is 17.9 Å². The summed E-state index contributed by atoms with van der Waals surface area (Å²) in [6.07, 6.45) is 1.12. The van der Waals surface area contributed by atoms with E-state index >= 15 is 0 Å². The molecule has 0 bridgehead atoms. The first kappa shape index (κ1) is 17.1. The lowest BCUT2D eigenvalue weighted by molar-refractivity contribution is 0.129. The monoisotopic (exact) mass is 321 g/mol. The summed E-state index contributed by atoms with van der Waals surface area (Å²) in [5.41, 5.74) is 1.64. The van der Waals surface area contributed by atoms with E-state index in [-0.39, 0.29) is 18.1 Å². The lowest BCUT2D eigenvalue weighted by atomic mass is 10.1. The second kappa shape index (κ2) is 7.32. The van der Waals surface area contributed by atoms with Crippen LogP contribution in [0.4, 0.5) is 4.79 Å². The molecule has 2 aromatic heterocycles. The maximum atomic E-state index is 12.1. The number of aryl methyl sites for hydroxylation is 2. The summed E-state index contributed by atoms with van der Waals surface area (Å²) in [4.78, 5) is 12.1. The van der Waals surface area contributed by atoms with E-state index in [9.17, 15) is 9.90 Å². The predicted molar refractivity (Wildman–Crippen MR) is 83.8 cm³/mol. The van der Waals surface area contributed by atoms with E-state index in [1.54, 1.807) is 12.1 Å². The van der Waals surface area contributed by atoms with E-state index in [4.69, 9.17) is 8.94 Å². The minimum absolute atomic E-state index is 0.216. The molecule has 2 rings (SSSR count). The Hall–Kier alpha value is -2.28. The van der Waals surface area contributed by atoms with Gasteiger partial charge < -0.3 is 24.7 Å². The zero-order chi connectivity index (χ0) is 17.0. The average Bonchev–Trinajstić information content (AvgIpc) is 3.08. The first-order chi connectivity index (χ1) is 10.9. The molecule has 0 aliphatic heterocycles. The number of hydrogen-bond acceptors (Lipinski definition) is 5. The SMILES string of the molecule is Cc1noc(C)c1[C@H](C)NC(=O)N[C@H](C)C[C@@H](O)c1ccco1. The van der Waals surface area contributed by atoms with E-state index in [1.165, 1.54) is 6.26 Å². The summed E-state index contributed by atoms with van der Waals surface area (Å²) in [5.74, 6) is 1.18. The Morgan fingerprint density at radius 3 is 2.65 bits per heavy atom. The van der Waals surface area contributed by atoms with Gasteiger partial charge in [-0.15, -0.1) is 0 Å². The smallest absolute Gasteiger partial charge is 0.315 e. The fourth-order valence-electron chi connectivity index (χ4n) is 2.63. The number of rotatable bonds is 6. The topological polar surface area (TPSA) is 101 Å². The van der Waals surface area contributed by atoms with Gasteiger partial charge in [0.15, 0.2) is 0 Å². The molecule has 2 aromatic rings. The Morgan fingerprint density at radius 2 is 2.09 bits per heavy atom. The third kappa shape index (κ3) is 4.35. The standard InChI is InChI=1S/C16H23N3O4/c1-9(8-13(20)14-6-5-7-22-14)17-16(21)18-10(2)15-11(3)19-23-12(15)4/h5-7,9-10,13,20H,8H2,1-4H3,(H2,17,18,21)/t9-,10+,13-/m1/s1. The van der Waals surface area contributed by atoms with Gasteiger partial charge in [0, 0.05) is 18.0 Å². The van der Waals surface area contributed by atoms with E-state index in [2.05, 4.69) is 15.8 Å². The van der Waals surface area contributed by atoms with Crippen molar-refractivity contribution in [2.45, 2.75) is 52.3 Å². The molecule has 0 saturated carbocycles. The Morgan fingerprint density at radius 1 is 1.35 bits per heavy atom. The first-order valence-corrected chi connectivity index (χ1v) is 7.59. The minimum Gasteiger partial charge on any atom is -0.467 e. The molecule has 2 heterocycles. The maximum Gasteiger partial charge on any atom is 0.315 e. The van der Waals surface area contributed by atoms with Crippen LogP contribution in [0.25, 0.3) is 0 Å². The Labute approximate surface area is 135 Å². The number of aromatic nitrogens is 1. The normalized spacial score (nSPS) is 15.0. The van der Waals surface area contributed by atoms with Crippen LogP contribution in [0.1, 0.15) is 55.2 Å². The molecule has 0 fully saturated rings. The highest BCUT2D eigenvalue weighted by Crippen LogP contribution is 2.21. The lowest BCUT2D eigenvalue weighted by Gasteiger charge is -2.19. The molecular formula is C16H23N3O4. The molecule has 3 N–H and O–H groups in total. The molecule has 0 saturated heterocycles. The van der Waals surface area contributed by atoms with Crippen LogP contribution in [0.3, 0.4) is 0 Å². The zero-order valence-corrected chi connectivity index (χ0v) is 13.8. The van der Waals surface area contributed by atoms with Crippen molar-refractivity contribution in [2.24, 2.45) is 0 Å². The van der Waals surface area contributed by atoms with Crippen LogP contribution in [-0.2, 0) is 0 Å². The quantitative estimate of drug-likeness (QED) is 0.759. The van der Waals surface area contributed by atoms with E-state index < -0.39 is 6.10 Å². The molecule has 0 aliphatic rings. The maximum absolute atomic E-state index is 12.1. The van der Waals surface area contributed by atoms with Crippen molar-refractivity contribution in [1.82, 2.24) is 15.8 Å². The van der Waals surface area contributed by atoms with Crippen molar-refractivity contribution in [3.63, 3.8) is 0 Å². The fourth-order valence-corrected chi connectivity index (χ4v) is 2.63. The summed E-state index contributed by atoms with van der Waals surface area (Å²) in [6.45, 7) is 7.35. The molecule has 3 atom stereocenters. The molecule has 2 amide bonds. The van der Waals surface area contributed by atoms with Gasteiger partial charge in [-0.2, -0.15) is 0 Å². The number of carbonyl (C=O) groups excluding carboxylic acids is 1. The minimum atomic E-state index is -0.750. The molecule has 126 valence electrons. The zero-order valence-electron chi connectivity index (χ0n) is 13.8. The average molecular weight is 321 g/mol. The van der Waals surface area contributed by atoms with Crippen molar-refractivity contribution in [2.75, 3.05) is 0 Å². The summed E-state index contributed by atoms with van der Waals surface area (Å²) >= 11 is 0. The van der Waals surface area contributed by atoms with Gasteiger partial charge in [0.25, 0.3) is 0 Å². The van der Waals surface area contributed by atoms with Gasteiger partial charge in [-0.05, 0) is 39.8 Å². The fraction of sp³-hybridized carbons (Fsp3) is 0.500. The van der Waals surface area contributed by atoms with Crippen LogP contribution in [0.5, 0.6) is 0 Å². The highest BCUT2D eigenvalue weighted by Gasteiger charge is 2.20. The van der Waals surface area contributed by atoms with Gasteiger partial charge in [-0.3, -0.25) is 0 Å². The number of nitrogens with one attached hydrogen (secondary N) is 2. The third-order valence-corrected chi connectivity index (χ3v) is 3.70. The van der Waals surface area contributed by atoms with Crippen molar-refractivity contribution >= 4 is 6.03 Å². The number of furan rings is 1. The van der Waals surface area contributed by atoms with Gasteiger partial charge in [-0.1, -0.05) is 5.16 Å². The number of urea groups is 1. The molecule has 0 spiro atoms. The molecule has 0 aromatic carbocycles. The Balaban J connectivity index is 1.84. The van der Waals surface area contributed by atoms with Crippen molar-refractivity contribution in [3.05, 3.63) is 41.2 Å². The predicted octanol–water partition coefficient (Wildman–Crippen LogP) is 2.76. The van der Waals surface area contributed by atoms with Gasteiger partial charge in [0.05, 0.1) is 18.0 Å². The number of nitrogens with zero attached hydrogens (tertiary/aromatic N) is 1. The van der Waals surface area contributed by atoms with Gasteiger partial charge in [-0.25, -0.2) is 4.79 Å². The molecular weight excluding hydrogens is 298 g/mol. The first-order valence-electron chi connectivity index (χ1n) is 7.59. The van der Waals surface area contributed by atoms with Crippen molar-refractivity contribution in [1.29, 1.82) is 0 Å². The number of hydrogen-bond donors (Lipinski definition) is 3. The second-order valence-electron chi connectivity index (χ2n) is 5.75. The summed E-state index contributed by atoms with van der Waals surface area (Å²) in [5, 5.41) is 19.5. The summed E-state index contributed by atoms with van der Waals surface area (Å²) < 4.78 is 10.3.